The third-order valence-corrected chi connectivity index (χ3v) is 5.65. The molecule has 0 saturated carbocycles. The van der Waals surface area contributed by atoms with E-state index in [1.165, 1.54) is 12.1 Å². The van der Waals surface area contributed by atoms with Gasteiger partial charge in [-0.1, -0.05) is 35.9 Å². The number of para-hydroxylation sites is 1. The van der Waals surface area contributed by atoms with E-state index in [4.69, 9.17) is 26.2 Å². The van der Waals surface area contributed by atoms with Crippen molar-refractivity contribution < 1.29 is 13.9 Å². The van der Waals surface area contributed by atoms with Crippen LogP contribution < -0.4 is 9.47 Å². The number of nitrogens with zero attached hydrogens (tertiary/aromatic N) is 2. The zero-order valence-electron chi connectivity index (χ0n) is 16.4. The molecule has 152 valence electrons. The zero-order chi connectivity index (χ0) is 20.7. The molecule has 0 bridgehead atoms. The van der Waals surface area contributed by atoms with Crippen LogP contribution in [0, 0.1) is 5.82 Å². The van der Waals surface area contributed by atoms with Crippen molar-refractivity contribution in [2.24, 2.45) is 5.10 Å². The van der Waals surface area contributed by atoms with Crippen LogP contribution in [0.25, 0.3) is 0 Å². The number of halogens is 2. The van der Waals surface area contributed by atoms with Crippen LogP contribution in [0.4, 0.5) is 4.39 Å². The summed E-state index contributed by atoms with van der Waals surface area (Å²) >= 11 is 6.28. The number of ether oxygens (including phenoxy) is 2. The van der Waals surface area contributed by atoms with E-state index in [1.54, 1.807) is 12.1 Å². The minimum atomic E-state index is -0.440. The highest BCUT2D eigenvalue weighted by molar-refractivity contribution is 6.30. The molecule has 0 radical (unpaired) electrons. The van der Waals surface area contributed by atoms with Crippen molar-refractivity contribution in [1.82, 2.24) is 5.01 Å². The van der Waals surface area contributed by atoms with E-state index in [0.29, 0.717) is 18.1 Å². The third-order valence-electron chi connectivity index (χ3n) is 5.41. The predicted octanol–water partition coefficient (Wildman–Crippen LogP) is 6.12. The van der Waals surface area contributed by atoms with Crippen molar-refractivity contribution >= 4 is 17.3 Å². The fourth-order valence-corrected chi connectivity index (χ4v) is 4.23. The Bertz CT molecular complexity index is 1120. The molecule has 0 unspecified atom stereocenters. The van der Waals surface area contributed by atoms with Crippen LogP contribution in [0.5, 0.6) is 11.5 Å². The van der Waals surface area contributed by atoms with Gasteiger partial charge in [0.05, 0.1) is 23.9 Å². The molecule has 4 nitrogen and oxygen atoms in total. The fourth-order valence-electron chi connectivity index (χ4n) is 4.05. The summed E-state index contributed by atoms with van der Waals surface area (Å²) in [5.41, 5.74) is 3.68. The summed E-state index contributed by atoms with van der Waals surface area (Å²) in [5, 5.41) is 7.52. The molecule has 0 saturated heterocycles. The van der Waals surface area contributed by atoms with Gasteiger partial charge in [-0.3, -0.25) is 0 Å². The number of benzene rings is 3. The van der Waals surface area contributed by atoms with E-state index in [1.807, 2.05) is 54.4 Å². The molecule has 0 aliphatic carbocycles. The smallest absolute Gasteiger partial charge is 0.217 e. The second-order valence-corrected chi connectivity index (χ2v) is 7.71. The highest BCUT2D eigenvalue weighted by atomic mass is 35.5. The highest BCUT2D eigenvalue weighted by Gasteiger charge is 2.42. The van der Waals surface area contributed by atoms with Gasteiger partial charge >= 0.3 is 0 Å². The van der Waals surface area contributed by atoms with E-state index in [9.17, 15) is 4.39 Å². The lowest BCUT2D eigenvalue weighted by Gasteiger charge is -2.38. The molecule has 0 spiro atoms. The number of fused-ring (bicyclic) bond motifs is 3. The lowest BCUT2D eigenvalue weighted by molar-refractivity contribution is -0.0205. The Balaban J connectivity index is 1.61. The van der Waals surface area contributed by atoms with E-state index in [-0.39, 0.29) is 11.9 Å². The van der Waals surface area contributed by atoms with Crippen LogP contribution in [0.1, 0.15) is 42.3 Å². The molecule has 2 heterocycles. The monoisotopic (exact) mass is 422 g/mol. The molecule has 2 aliphatic heterocycles. The Hall–Kier alpha value is -3.05. The standard InChI is InChI=1S/C24H20ClFN2O2/c1-2-29-22-6-4-3-5-18(22)24-28-21(19-13-16(25)9-12-23(19)30-24)14-20(27-28)15-7-10-17(26)11-8-15/h3-13,21,24H,2,14H2,1H3/t21-,24-/m0/s1. The number of hydrazone groups is 1. The SMILES string of the molecule is CCOc1ccccc1[C@@H]1Oc2ccc(Cl)cc2[C@@H]2CC(c3ccc(F)cc3)=NN21. The summed E-state index contributed by atoms with van der Waals surface area (Å²) < 4.78 is 25.7. The fraction of sp³-hybridized carbons (Fsp3) is 0.208. The maximum atomic E-state index is 13.4. The normalized spacial score (nSPS) is 19.6. The maximum absolute atomic E-state index is 13.4. The summed E-state index contributed by atoms with van der Waals surface area (Å²) in [6, 6.07) is 19.9. The van der Waals surface area contributed by atoms with Gasteiger partial charge < -0.3 is 9.47 Å². The average Bonchev–Trinajstić information content (AvgIpc) is 3.20. The van der Waals surface area contributed by atoms with Crippen LogP contribution >= 0.6 is 11.6 Å². The first-order chi connectivity index (χ1) is 14.6. The van der Waals surface area contributed by atoms with Crippen LogP contribution in [0.15, 0.2) is 71.8 Å². The van der Waals surface area contributed by atoms with Gasteiger partial charge in [0.15, 0.2) is 0 Å². The minimum Gasteiger partial charge on any atom is -0.493 e. The lowest BCUT2D eigenvalue weighted by Crippen LogP contribution is -2.34. The van der Waals surface area contributed by atoms with E-state index < -0.39 is 6.23 Å². The molecular weight excluding hydrogens is 403 g/mol. The van der Waals surface area contributed by atoms with Crippen LogP contribution in [0.2, 0.25) is 5.02 Å². The molecule has 3 aromatic carbocycles. The average molecular weight is 423 g/mol. The van der Waals surface area contributed by atoms with Gasteiger partial charge in [0, 0.05) is 17.0 Å². The Morgan fingerprint density at radius 1 is 1.10 bits per heavy atom. The van der Waals surface area contributed by atoms with Gasteiger partial charge in [0.25, 0.3) is 0 Å². The Morgan fingerprint density at radius 2 is 1.90 bits per heavy atom. The highest BCUT2D eigenvalue weighted by Crippen LogP contribution is 2.49. The maximum Gasteiger partial charge on any atom is 0.217 e. The molecule has 0 amide bonds. The molecule has 5 rings (SSSR count). The minimum absolute atomic E-state index is 0.0350. The van der Waals surface area contributed by atoms with Crippen molar-refractivity contribution in [3.63, 3.8) is 0 Å². The molecular formula is C24H20ClFN2O2. The van der Waals surface area contributed by atoms with Crippen LogP contribution in [0.3, 0.4) is 0 Å². The topological polar surface area (TPSA) is 34.1 Å². The molecule has 0 aromatic heterocycles. The van der Waals surface area contributed by atoms with Crippen molar-refractivity contribution in [2.75, 3.05) is 6.61 Å². The summed E-state index contributed by atoms with van der Waals surface area (Å²) in [5.74, 6) is 1.29. The summed E-state index contributed by atoms with van der Waals surface area (Å²) in [7, 11) is 0. The molecule has 30 heavy (non-hydrogen) atoms. The number of rotatable bonds is 4. The summed E-state index contributed by atoms with van der Waals surface area (Å²) in [6.07, 6.45) is 0.236. The summed E-state index contributed by atoms with van der Waals surface area (Å²) in [4.78, 5) is 0. The van der Waals surface area contributed by atoms with Gasteiger partial charge in [-0.2, -0.15) is 5.10 Å². The Kier molecular flexibility index (Phi) is 4.83. The van der Waals surface area contributed by atoms with Gasteiger partial charge in [-0.05, 0) is 55.0 Å². The predicted molar refractivity (Wildman–Crippen MR) is 115 cm³/mol. The van der Waals surface area contributed by atoms with Crippen molar-refractivity contribution in [3.05, 3.63) is 94.3 Å². The molecule has 6 heteroatoms. The van der Waals surface area contributed by atoms with Gasteiger partial charge in [0.1, 0.15) is 17.3 Å². The molecule has 0 fully saturated rings. The van der Waals surface area contributed by atoms with Crippen molar-refractivity contribution in [3.8, 4) is 11.5 Å². The first-order valence-electron chi connectivity index (χ1n) is 9.93. The van der Waals surface area contributed by atoms with Gasteiger partial charge in [-0.15, -0.1) is 0 Å². The first kappa shape index (κ1) is 18.9. The molecule has 0 N–H and O–H groups in total. The largest absolute Gasteiger partial charge is 0.493 e. The van der Waals surface area contributed by atoms with E-state index in [2.05, 4.69) is 0 Å². The second kappa shape index (κ2) is 7.65. The number of hydrogen-bond acceptors (Lipinski definition) is 4. The number of hydrogen-bond donors (Lipinski definition) is 0. The quantitative estimate of drug-likeness (QED) is 0.508. The van der Waals surface area contributed by atoms with E-state index >= 15 is 0 Å². The van der Waals surface area contributed by atoms with Crippen LogP contribution in [-0.2, 0) is 0 Å². The zero-order valence-corrected chi connectivity index (χ0v) is 17.1. The third kappa shape index (κ3) is 3.29. The Labute approximate surface area is 179 Å². The van der Waals surface area contributed by atoms with E-state index in [0.717, 1.165) is 33.9 Å². The molecule has 2 atom stereocenters. The van der Waals surface area contributed by atoms with Crippen molar-refractivity contribution in [1.29, 1.82) is 0 Å². The Morgan fingerprint density at radius 3 is 2.70 bits per heavy atom. The molecule has 3 aromatic rings. The first-order valence-corrected chi connectivity index (χ1v) is 10.3. The summed E-state index contributed by atoms with van der Waals surface area (Å²) in [6.45, 7) is 2.52. The van der Waals surface area contributed by atoms with Crippen LogP contribution in [-0.4, -0.2) is 17.3 Å². The second-order valence-electron chi connectivity index (χ2n) is 7.28. The van der Waals surface area contributed by atoms with Gasteiger partial charge in [0.2, 0.25) is 6.23 Å². The lowest BCUT2D eigenvalue weighted by atomic mass is 9.96. The molecule has 2 aliphatic rings. The van der Waals surface area contributed by atoms with Gasteiger partial charge in [-0.25, -0.2) is 9.40 Å². The van der Waals surface area contributed by atoms with Crippen molar-refractivity contribution in [2.45, 2.75) is 25.6 Å².